The number of hydrogen-bond acceptors (Lipinski definition) is 3. The fraction of sp³-hybridized carbons (Fsp3) is 0.500. The SMILES string of the molecule is CCNC(=NCC1CCN(C)C1)N(C)Cc1ncc(-c2ccccc2)[nH]1.I. The van der Waals surface area contributed by atoms with E-state index in [0.717, 1.165) is 42.7 Å². The number of nitrogens with zero attached hydrogens (tertiary/aromatic N) is 4. The number of halogens is 1. The van der Waals surface area contributed by atoms with E-state index < -0.39 is 0 Å². The third kappa shape index (κ3) is 6.21. The first-order valence-electron chi connectivity index (χ1n) is 9.43. The van der Waals surface area contributed by atoms with Crippen LogP contribution < -0.4 is 5.32 Å². The molecular formula is C20H31IN6. The van der Waals surface area contributed by atoms with Gasteiger partial charge in [-0.2, -0.15) is 0 Å². The van der Waals surface area contributed by atoms with Crippen LogP contribution in [0.25, 0.3) is 11.3 Å². The monoisotopic (exact) mass is 482 g/mol. The molecule has 1 aliphatic heterocycles. The van der Waals surface area contributed by atoms with Crippen molar-refractivity contribution in [3.63, 3.8) is 0 Å². The molecule has 0 aliphatic carbocycles. The van der Waals surface area contributed by atoms with Crippen molar-refractivity contribution >= 4 is 29.9 Å². The first-order chi connectivity index (χ1) is 12.7. The van der Waals surface area contributed by atoms with Gasteiger partial charge in [0.1, 0.15) is 5.82 Å². The van der Waals surface area contributed by atoms with Gasteiger partial charge < -0.3 is 20.1 Å². The summed E-state index contributed by atoms with van der Waals surface area (Å²) in [6.45, 7) is 6.87. The van der Waals surface area contributed by atoms with Crippen molar-refractivity contribution in [1.29, 1.82) is 0 Å². The summed E-state index contributed by atoms with van der Waals surface area (Å²) in [4.78, 5) is 17.3. The molecule has 0 radical (unpaired) electrons. The zero-order chi connectivity index (χ0) is 18.4. The van der Waals surface area contributed by atoms with Crippen LogP contribution in [0.5, 0.6) is 0 Å². The summed E-state index contributed by atoms with van der Waals surface area (Å²) in [5.74, 6) is 2.55. The molecule has 0 amide bonds. The second-order valence-electron chi connectivity index (χ2n) is 7.08. The standard InChI is InChI=1S/C20H30N6.HI/c1-4-21-20(23-12-16-10-11-25(2)14-16)26(3)15-19-22-13-18(24-19)17-8-6-5-7-9-17;/h5-9,13,16H,4,10-12,14-15H2,1-3H3,(H,21,23)(H,22,24);1H. The number of likely N-dealkylation sites (tertiary alicyclic amines) is 1. The van der Waals surface area contributed by atoms with Gasteiger partial charge in [-0.25, -0.2) is 4.98 Å². The molecule has 1 saturated heterocycles. The van der Waals surface area contributed by atoms with E-state index in [4.69, 9.17) is 4.99 Å². The Balaban J connectivity index is 0.00000261. The van der Waals surface area contributed by atoms with Crippen LogP contribution in [0.2, 0.25) is 0 Å². The minimum atomic E-state index is 0. The highest BCUT2D eigenvalue weighted by molar-refractivity contribution is 14.0. The second-order valence-corrected chi connectivity index (χ2v) is 7.08. The summed E-state index contributed by atoms with van der Waals surface area (Å²) in [5, 5.41) is 3.40. The fourth-order valence-corrected chi connectivity index (χ4v) is 3.37. The van der Waals surface area contributed by atoms with Crippen molar-refractivity contribution in [1.82, 2.24) is 25.1 Å². The van der Waals surface area contributed by atoms with Crippen LogP contribution in [-0.2, 0) is 6.54 Å². The van der Waals surface area contributed by atoms with Gasteiger partial charge in [-0.15, -0.1) is 24.0 Å². The Morgan fingerprint density at radius 1 is 1.37 bits per heavy atom. The Kier molecular flexibility index (Phi) is 8.56. The molecule has 6 nitrogen and oxygen atoms in total. The van der Waals surface area contributed by atoms with Crippen LogP contribution in [-0.4, -0.2) is 66.0 Å². The van der Waals surface area contributed by atoms with Crippen molar-refractivity contribution in [2.75, 3.05) is 40.3 Å². The molecule has 1 aromatic carbocycles. The smallest absolute Gasteiger partial charge is 0.194 e. The Labute approximate surface area is 179 Å². The van der Waals surface area contributed by atoms with Crippen molar-refractivity contribution in [2.24, 2.45) is 10.9 Å². The van der Waals surface area contributed by atoms with Crippen LogP contribution in [0.15, 0.2) is 41.5 Å². The van der Waals surface area contributed by atoms with Gasteiger partial charge in [-0.05, 0) is 38.4 Å². The fourth-order valence-electron chi connectivity index (χ4n) is 3.37. The van der Waals surface area contributed by atoms with E-state index >= 15 is 0 Å². The lowest BCUT2D eigenvalue weighted by molar-refractivity contribution is 0.396. The van der Waals surface area contributed by atoms with Crippen LogP contribution in [0, 0.1) is 5.92 Å². The van der Waals surface area contributed by atoms with Crippen molar-refractivity contribution in [3.05, 3.63) is 42.4 Å². The maximum absolute atomic E-state index is 4.85. The van der Waals surface area contributed by atoms with E-state index in [2.05, 4.69) is 58.2 Å². The molecule has 2 aromatic rings. The van der Waals surface area contributed by atoms with Gasteiger partial charge in [-0.1, -0.05) is 30.3 Å². The van der Waals surface area contributed by atoms with Gasteiger partial charge in [0.25, 0.3) is 0 Å². The number of hydrogen-bond donors (Lipinski definition) is 2. The van der Waals surface area contributed by atoms with Crippen LogP contribution in [0.4, 0.5) is 0 Å². The summed E-state index contributed by atoms with van der Waals surface area (Å²) in [6, 6.07) is 10.3. The average molecular weight is 482 g/mol. The van der Waals surface area contributed by atoms with Crippen molar-refractivity contribution in [3.8, 4) is 11.3 Å². The van der Waals surface area contributed by atoms with Gasteiger partial charge in [0, 0.05) is 26.7 Å². The quantitative estimate of drug-likeness (QED) is 0.378. The third-order valence-electron chi connectivity index (χ3n) is 4.78. The molecule has 3 rings (SSSR count). The third-order valence-corrected chi connectivity index (χ3v) is 4.78. The van der Waals surface area contributed by atoms with E-state index in [0.29, 0.717) is 12.5 Å². The highest BCUT2D eigenvalue weighted by Gasteiger charge is 2.19. The van der Waals surface area contributed by atoms with Gasteiger partial charge in [0.15, 0.2) is 5.96 Å². The zero-order valence-corrected chi connectivity index (χ0v) is 18.8. The Bertz CT molecular complexity index is 714. The van der Waals surface area contributed by atoms with Crippen molar-refractivity contribution in [2.45, 2.75) is 19.9 Å². The molecule has 1 atom stereocenters. The molecule has 1 aromatic heterocycles. The first-order valence-corrected chi connectivity index (χ1v) is 9.43. The topological polar surface area (TPSA) is 59.6 Å². The molecule has 1 fully saturated rings. The molecule has 7 heteroatoms. The van der Waals surface area contributed by atoms with Gasteiger partial charge >= 0.3 is 0 Å². The normalized spacial score (nSPS) is 17.6. The van der Waals surface area contributed by atoms with Crippen LogP contribution in [0.1, 0.15) is 19.2 Å². The second kappa shape index (κ2) is 10.7. The largest absolute Gasteiger partial charge is 0.357 e. The molecule has 2 N–H and O–H groups in total. The summed E-state index contributed by atoms with van der Waals surface area (Å²) in [6.07, 6.45) is 3.14. The van der Waals surface area contributed by atoms with Crippen LogP contribution >= 0.6 is 24.0 Å². The Morgan fingerprint density at radius 2 is 2.15 bits per heavy atom. The molecule has 2 heterocycles. The van der Waals surface area contributed by atoms with Crippen LogP contribution in [0.3, 0.4) is 0 Å². The number of H-pyrrole nitrogens is 1. The summed E-state index contributed by atoms with van der Waals surface area (Å²) < 4.78 is 0. The van der Waals surface area contributed by atoms with E-state index in [-0.39, 0.29) is 24.0 Å². The lowest BCUT2D eigenvalue weighted by Crippen LogP contribution is -2.39. The predicted octanol–water partition coefficient (Wildman–Crippen LogP) is 3.04. The highest BCUT2D eigenvalue weighted by Crippen LogP contribution is 2.17. The van der Waals surface area contributed by atoms with E-state index in [1.54, 1.807) is 0 Å². The number of imidazole rings is 1. The Hall–Kier alpha value is -1.61. The highest BCUT2D eigenvalue weighted by atomic mass is 127. The number of rotatable bonds is 6. The molecule has 0 bridgehead atoms. The predicted molar refractivity (Wildman–Crippen MR) is 122 cm³/mol. The number of aromatic amines is 1. The minimum Gasteiger partial charge on any atom is -0.357 e. The number of aliphatic imine (C=N–C) groups is 1. The Morgan fingerprint density at radius 3 is 2.81 bits per heavy atom. The molecule has 1 unspecified atom stereocenters. The van der Waals surface area contributed by atoms with E-state index in [1.807, 2.05) is 24.4 Å². The number of nitrogens with one attached hydrogen (secondary N) is 2. The maximum atomic E-state index is 4.85. The number of aromatic nitrogens is 2. The lowest BCUT2D eigenvalue weighted by atomic mass is 10.1. The summed E-state index contributed by atoms with van der Waals surface area (Å²) in [7, 11) is 4.25. The average Bonchev–Trinajstić information content (AvgIpc) is 3.28. The molecular weight excluding hydrogens is 451 g/mol. The van der Waals surface area contributed by atoms with Gasteiger partial charge in [0.05, 0.1) is 18.4 Å². The summed E-state index contributed by atoms with van der Waals surface area (Å²) in [5.41, 5.74) is 2.20. The van der Waals surface area contributed by atoms with Gasteiger partial charge in [0.2, 0.25) is 0 Å². The number of guanidine groups is 1. The van der Waals surface area contributed by atoms with Gasteiger partial charge in [-0.3, -0.25) is 4.99 Å². The first kappa shape index (κ1) is 21.7. The van der Waals surface area contributed by atoms with E-state index in [9.17, 15) is 0 Å². The molecule has 0 spiro atoms. The maximum Gasteiger partial charge on any atom is 0.194 e. The van der Waals surface area contributed by atoms with Crippen molar-refractivity contribution < 1.29 is 0 Å². The molecule has 27 heavy (non-hydrogen) atoms. The lowest BCUT2D eigenvalue weighted by Gasteiger charge is -2.21. The minimum absolute atomic E-state index is 0. The molecule has 0 saturated carbocycles. The summed E-state index contributed by atoms with van der Waals surface area (Å²) >= 11 is 0. The van der Waals surface area contributed by atoms with E-state index in [1.165, 1.54) is 13.0 Å². The number of benzene rings is 1. The molecule has 1 aliphatic rings. The zero-order valence-electron chi connectivity index (χ0n) is 16.5. The molecule has 148 valence electrons.